The van der Waals surface area contributed by atoms with Crippen LogP contribution in [0.2, 0.25) is 5.02 Å². The van der Waals surface area contributed by atoms with Crippen molar-refractivity contribution < 1.29 is 0 Å². The van der Waals surface area contributed by atoms with E-state index in [9.17, 15) is 0 Å². The van der Waals surface area contributed by atoms with Crippen molar-refractivity contribution >= 4 is 63.0 Å². The van der Waals surface area contributed by atoms with Crippen molar-refractivity contribution in [1.82, 2.24) is 9.97 Å². The van der Waals surface area contributed by atoms with Crippen molar-refractivity contribution in [3.05, 3.63) is 44.2 Å². The van der Waals surface area contributed by atoms with E-state index in [0.29, 0.717) is 16.7 Å². The number of aryl methyl sites for hydroxylation is 1. The molecule has 0 fully saturated rings. The van der Waals surface area contributed by atoms with Crippen LogP contribution in [0.15, 0.2) is 24.3 Å². The zero-order valence-electron chi connectivity index (χ0n) is 9.95. The van der Waals surface area contributed by atoms with Gasteiger partial charge in [0.25, 0.3) is 0 Å². The average Bonchev–Trinajstić information content (AvgIpc) is 2.32. The van der Waals surface area contributed by atoms with Crippen molar-refractivity contribution in [2.75, 3.05) is 5.32 Å². The van der Waals surface area contributed by atoms with Gasteiger partial charge in [0.05, 0.1) is 10.7 Å². The highest BCUT2D eigenvalue weighted by Crippen LogP contribution is 2.26. The zero-order chi connectivity index (χ0) is 14.0. The molecular weight excluding hydrogens is 395 g/mol. The van der Waals surface area contributed by atoms with Crippen LogP contribution in [0.3, 0.4) is 0 Å². The van der Waals surface area contributed by atoms with Gasteiger partial charge in [-0.3, -0.25) is 0 Å². The van der Waals surface area contributed by atoms with Gasteiger partial charge in [-0.1, -0.05) is 23.8 Å². The van der Waals surface area contributed by atoms with E-state index in [1.807, 2.05) is 25.1 Å². The Morgan fingerprint density at radius 2 is 2.11 bits per heavy atom. The van der Waals surface area contributed by atoms with Crippen molar-refractivity contribution in [3.63, 3.8) is 0 Å². The Kier molecular flexibility index (Phi) is 4.54. The van der Waals surface area contributed by atoms with Crippen LogP contribution in [-0.4, -0.2) is 15.0 Å². The first kappa shape index (κ1) is 14.4. The van der Waals surface area contributed by atoms with E-state index in [-0.39, 0.29) is 4.99 Å². The minimum atomic E-state index is 0.238. The van der Waals surface area contributed by atoms with Crippen LogP contribution in [0, 0.1) is 10.5 Å². The smallest absolute Gasteiger partial charge is 0.228 e. The molecule has 3 N–H and O–H groups in total. The lowest BCUT2D eigenvalue weighted by atomic mass is 10.3. The number of anilines is 2. The van der Waals surface area contributed by atoms with Crippen LogP contribution in [0.5, 0.6) is 0 Å². The van der Waals surface area contributed by atoms with E-state index in [0.717, 1.165) is 15.0 Å². The molecule has 2 aromatic rings. The minimum absolute atomic E-state index is 0.238. The summed E-state index contributed by atoms with van der Waals surface area (Å²) in [7, 11) is 0. The normalized spacial score (nSPS) is 10.3. The van der Waals surface area contributed by atoms with Crippen molar-refractivity contribution in [2.45, 2.75) is 6.92 Å². The summed E-state index contributed by atoms with van der Waals surface area (Å²) in [5.41, 5.74) is 7.63. The molecule has 0 amide bonds. The summed E-state index contributed by atoms with van der Waals surface area (Å²) in [6.07, 6.45) is 0. The first-order valence-corrected chi connectivity index (χ1v) is 7.20. The van der Waals surface area contributed by atoms with Gasteiger partial charge in [-0.2, -0.15) is 0 Å². The van der Waals surface area contributed by atoms with Crippen LogP contribution < -0.4 is 11.1 Å². The third-order valence-corrected chi connectivity index (χ3v) is 3.48. The van der Waals surface area contributed by atoms with Crippen LogP contribution >= 0.6 is 46.4 Å². The maximum absolute atomic E-state index is 6.15. The highest BCUT2D eigenvalue weighted by molar-refractivity contribution is 14.1. The van der Waals surface area contributed by atoms with Gasteiger partial charge < -0.3 is 11.1 Å². The highest BCUT2D eigenvalue weighted by atomic mass is 127. The Morgan fingerprint density at radius 1 is 1.37 bits per heavy atom. The fraction of sp³-hybridized carbons (Fsp3) is 0.0833. The SMILES string of the molecule is Cc1cc(C(N)=S)nc(Nc2ccc(I)cc2Cl)n1. The maximum Gasteiger partial charge on any atom is 0.228 e. The Morgan fingerprint density at radius 3 is 2.74 bits per heavy atom. The average molecular weight is 405 g/mol. The van der Waals surface area contributed by atoms with Crippen LogP contribution in [0.4, 0.5) is 11.6 Å². The van der Waals surface area contributed by atoms with Crippen LogP contribution in [-0.2, 0) is 0 Å². The lowest BCUT2D eigenvalue weighted by Crippen LogP contribution is -2.13. The molecule has 0 aliphatic heterocycles. The number of nitrogens with one attached hydrogen (secondary N) is 1. The Balaban J connectivity index is 2.35. The molecule has 0 bridgehead atoms. The fourth-order valence-corrected chi connectivity index (χ4v) is 2.47. The Bertz CT molecular complexity index is 648. The van der Waals surface area contributed by atoms with Gasteiger partial charge in [0.1, 0.15) is 10.7 Å². The van der Waals surface area contributed by atoms with Gasteiger partial charge >= 0.3 is 0 Å². The van der Waals surface area contributed by atoms with E-state index < -0.39 is 0 Å². The van der Waals surface area contributed by atoms with Gasteiger partial charge in [0.15, 0.2) is 0 Å². The number of nitrogens with zero attached hydrogens (tertiary/aromatic N) is 2. The molecule has 0 aliphatic carbocycles. The number of thiocarbonyl (C=S) groups is 1. The number of hydrogen-bond donors (Lipinski definition) is 2. The number of rotatable bonds is 3. The summed E-state index contributed by atoms with van der Waals surface area (Å²) < 4.78 is 1.06. The molecule has 0 radical (unpaired) electrons. The molecule has 0 saturated carbocycles. The summed E-state index contributed by atoms with van der Waals surface area (Å²) >= 11 is 13.3. The summed E-state index contributed by atoms with van der Waals surface area (Å²) in [4.78, 5) is 8.76. The molecule has 1 heterocycles. The molecule has 98 valence electrons. The summed E-state index contributed by atoms with van der Waals surface area (Å²) in [6, 6.07) is 7.41. The van der Waals surface area contributed by atoms with Gasteiger partial charge in [-0.15, -0.1) is 0 Å². The number of nitrogens with two attached hydrogens (primary N) is 1. The molecule has 0 unspecified atom stereocenters. The lowest BCUT2D eigenvalue weighted by molar-refractivity contribution is 1.09. The van der Waals surface area contributed by atoms with Gasteiger partial charge in [-0.05, 0) is 53.8 Å². The van der Waals surface area contributed by atoms with Crippen molar-refractivity contribution in [2.24, 2.45) is 5.73 Å². The third kappa shape index (κ3) is 3.74. The van der Waals surface area contributed by atoms with Gasteiger partial charge in [0, 0.05) is 9.26 Å². The topological polar surface area (TPSA) is 63.8 Å². The fourth-order valence-electron chi connectivity index (χ4n) is 1.46. The Hall–Kier alpha value is -0.990. The van der Waals surface area contributed by atoms with E-state index >= 15 is 0 Å². The molecule has 0 aliphatic rings. The minimum Gasteiger partial charge on any atom is -0.388 e. The molecule has 0 atom stereocenters. The van der Waals surface area contributed by atoms with E-state index in [1.54, 1.807) is 6.07 Å². The predicted molar refractivity (Wildman–Crippen MR) is 90.1 cm³/mol. The summed E-state index contributed by atoms with van der Waals surface area (Å²) in [5, 5.41) is 3.67. The number of benzene rings is 1. The molecule has 19 heavy (non-hydrogen) atoms. The molecule has 4 nitrogen and oxygen atoms in total. The van der Waals surface area contributed by atoms with Crippen LogP contribution in [0.1, 0.15) is 11.4 Å². The second-order valence-electron chi connectivity index (χ2n) is 3.83. The van der Waals surface area contributed by atoms with Crippen molar-refractivity contribution in [3.8, 4) is 0 Å². The second-order valence-corrected chi connectivity index (χ2v) is 5.92. The van der Waals surface area contributed by atoms with E-state index in [1.165, 1.54) is 0 Å². The van der Waals surface area contributed by atoms with E-state index in [2.05, 4.69) is 37.9 Å². The predicted octanol–water partition coefficient (Wildman–Crippen LogP) is 3.42. The highest BCUT2D eigenvalue weighted by Gasteiger charge is 2.07. The number of aromatic nitrogens is 2. The summed E-state index contributed by atoms with van der Waals surface area (Å²) in [5.74, 6) is 0.422. The quantitative estimate of drug-likeness (QED) is 0.606. The molecule has 1 aromatic heterocycles. The van der Waals surface area contributed by atoms with Crippen LogP contribution in [0.25, 0.3) is 0 Å². The monoisotopic (exact) mass is 404 g/mol. The van der Waals surface area contributed by atoms with Crippen molar-refractivity contribution in [1.29, 1.82) is 0 Å². The summed E-state index contributed by atoms with van der Waals surface area (Å²) in [6.45, 7) is 1.85. The molecule has 0 saturated heterocycles. The molecule has 7 heteroatoms. The zero-order valence-corrected chi connectivity index (χ0v) is 13.7. The molecule has 0 spiro atoms. The molecule has 2 rings (SSSR count). The second kappa shape index (κ2) is 5.98. The number of hydrogen-bond acceptors (Lipinski definition) is 4. The maximum atomic E-state index is 6.15. The lowest BCUT2D eigenvalue weighted by Gasteiger charge is -2.09. The first-order chi connectivity index (χ1) is 8.95. The van der Waals surface area contributed by atoms with E-state index in [4.69, 9.17) is 29.6 Å². The molecular formula is C12H10ClIN4S. The van der Waals surface area contributed by atoms with Gasteiger partial charge in [-0.25, -0.2) is 9.97 Å². The standard InChI is InChI=1S/C12H10ClIN4S/c1-6-4-10(11(15)19)18-12(16-6)17-9-3-2-7(14)5-8(9)13/h2-5H,1H3,(H2,15,19)(H,16,17,18). The number of halogens is 2. The largest absolute Gasteiger partial charge is 0.388 e. The van der Waals surface area contributed by atoms with Gasteiger partial charge in [0.2, 0.25) is 5.95 Å². The molecule has 1 aromatic carbocycles. The first-order valence-electron chi connectivity index (χ1n) is 5.33. The third-order valence-electron chi connectivity index (χ3n) is 2.28. The Labute approximate surface area is 134 Å².